The molecule has 0 saturated carbocycles. The number of rotatable bonds is 6. The van der Waals surface area contributed by atoms with Gasteiger partial charge in [-0.1, -0.05) is 36.4 Å². The van der Waals surface area contributed by atoms with E-state index in [1.807, 2.05) is 26.0 Å². The molecule has 0 fully saturated rings. The molecule has 0 aliphatic carbocycles. The smallest absolute Gasteiger partial charge is 0.379 e. The number of nitrogens with one attached hydrogen (secondary N) is 1. The topological polar surface area (TPSA) is 108 Å². The summed E-state index contributed by atoms with van der Waals surface area (Å²) in [5, 5.41) is 6.95. The maximum Gasteiger partial charge on any atom is 0.379 e. The van der Waals surface area contributed by atoms with Crippen LogP contribution in [-0.4, -0.2) is 38.6 Å². The number of hydrogen-bond acceptors (Lipinski definition) is 7. The number of carbonyl (C=O) groups excluding carboxylic acids is 2. The molecule has 9 nitrogen and oxygen atoms in total. The molecule has 9 heteroatoms. The molecule has 4 aromatic rings. The highest BCUT2D eigenvalue weighted by atomic mass is 16.5. The Labute approximate surface area is 184 Å². The number of hydrogen-bond donors (Lipinski definition) is 1. The van der Waals surface area contributed by atoms with Crippen LogP contribution in [0.2, 0.25) is 0 Å². The lowest BCUT2D eigenvalue weighted by Gasteiger charge is -2.17. The number of nitrogens with zero attached hydrogens (tertiary/aromatic N) is 4. The lowest BCUT2D eigenvalue weighted by molar-refractivity contribution is -0.125. The van der Waals surface area contributed by atoms with E-state index in [4.69, 9.17) is 9.47 Å². The molecule has 0 saturated heterocycles. The quantitative estimate of drug-likeness (QED) is 0.467. The Morgan fingerprint density at radius 3 is 2.53 bits per heavy atom. The van der Waals surface area contributed by atoms with Crippen molar-refractivity contribution in [1.29, 1.82) is 0 Å². The fraction of sp³-hybridized carbons (Fsp3) is 0.174. The fourth-order valence-corrected chi connectivity index (χ4v) is 3.22. The number of amides is 1. The molecule has 32 heavy (non-hydrogen) atoms. The van der Waals surface area contributed by atoms with E-state index >= 15 is 0 Å². The third kappa shape index (κ3) is 4.41. The maximum atomic E-state index is 13.1. The first-order valence-corrected chi connectivity index (χ1v) is 9.86. The third-order valence-electron chi connectivity index (χ3n) is 4.70. The lowest BCUT2D eigenvalue weighted by Crippen LogP contribution is -2.26. The average molecular weight is 431 g/mol. The van der Waals surface area contributed by atoms with Crippen molar-refractivity contribution in [2.24, 2.45) is 0 Å². The molecule has 1 unspecified atom stereocenters. The van der Waals surface area contributed by atoms with E-state index in [0.29, 0.717) is 17.0 Å². The minimum atomic E-state index is -1.21. The van der Waals surface area contributed by atoms with Crippen LogP contribution in [0.4, 0.5) is 5.69 Å². The van der Waals surface area contributed by atoms with Gasteiger partial charge in [0.15, 0.2) is 0 Å². The van der Waals surface area contributed by atoms with Crippen molar-refractivity contribution in [2.75, 3.05) is 12.4 Å². The standard InChI is InChI=1S/C23H21N5O4/c1-14-12-15(2)28-23(24-14)26-20(27-28)22(30)32-19(16-8-5-4-6-9-16)21(29)25-17-10-7-11-18(13-17)31-3/h4-13,19H,1-3H3,(H,25,29). The van der Waals surface area contributed by atoms with Gasteiger partial charge in [-0.05, 0) is 32.0 Å². The van der Waals surface area contributed by atoms with Crippen LogP contribution in [0, 0.1) is 13.8 Å². The van der Waals surface area contributed by atoms with Crippen molar-refractivity contribution in [1.82, 2.24) is 19.6 Å². The minimum Gasteiger partial charge on any atom is -0.497 e. The average Bonchev–Trinajstić information content (AvgIpc) is 3.22. The Hall–Kier alpha value is -4.27. The summed E-state index contributed by atoms with van der Waals surface area (Å²) in [5.74, 6) is -0.662. The third-order valence-corrected chi connectivity index (χ3v) is 4.70. The number of carbonyl (C=O) groups is 2. The van der Waals surface area contributed by atoms with Gasteiger partial charge in [-0.2, -0.15) is 4.98 Å². The summed E-state index contributed by atoms with van der Waals surface area (Å²) >= 11 is 0. The van der Waals surface area contributed by atoms with Gasteiger partial charge in [0, 0.05) is 28.7 Å². The number of aromatic nitrogens is 4. The zero-order valence-corrected chi connectivity index (χ0v) is 17.8. The van der Waals surface area contributed by atoms with Crippen LogP contribution in [0.3, 0.4) is 0 Å². The summed E-state index contributed by atoms with van der Waals surface area (Å²) in [6.45, 7) is 3.66. The Balaban J connectivity index is 1.61. The predicted octanol–water partition coefficient (Wildman–Crippen LogP) is 3.29. The molecule has 162 valence electrons. The first kappa shape index (κ1) is 21.0. The highest BCUT2D eigenvalue weighted by Crippen LogP contribution is 2.23. The van der Waals surface area contributed by atoms with E-state index in [2.05, 4.69) is 20.4 Å². The molecule has 0 spiro atoms. The van der Waals surface area contributed by atoms with E-state index in [-0.39, 0.29) is 11.6 Å². The first-order valence-electron chi connectivity index (χ1n) is 9.86. The number of anilines is 1. The lowest BCUT2D eigenvalue weighted by atomic mass is 10.1. The molecule has 4 rings (SSSR count). The van der Waals surface area contributed by atoms with Crippen molar-refractivity contribution in [2.45, 2.75) is 20.0 Å². The Morgan fingerprint density at radius 1 is 1.00 bits per heavy atom. The van der Waals surface area contributed by atoms with E-state index in [9.17, 15) is 9.59 Å². The van der Waals surface area contributed by atoms with Gasteiger partial charge in [-0.15, -0.1) is 5.10 Å². The first-order chi connectivity index (χ1) is 15.4. The normalized spacial score (nSPS) is 11.7. The number of esters is 1. The second-order valence-corrected chi connectivity index (χ2v) is 7.10. The summed E-state index contributed by atoms with van der Waals surface area (Å²) in [5.41, 5.74) is 2.54. The largest absolute Gasteiger partial charge is 0.497 e. The number of aryl methyl sites for hydroxylation is 2. The Kier molecular flexibility index (Phi) is 5.80. The van der Waals surface area contributed by atoms with E-state index in [1.54, 1.807) is 48.5 Å². The minimum absolute atomic E-state index is 0.179. The summed E-state index contributed by atoms with van der Waals surface area (Å²) < 4.78 is 12.2. The van der Waals surface area contributed by atoms with E-state index in [0.717, 1.165) is 11.4 Å². The van der Waals surface area contributed by atoms with Crippen LogP contribution in [0.15, 0.2) is 60.7 Å². The number of benzene rings is 2. The van der Waals surface area contributed by atoms with E-state index < -0.39 is 18.0 Å². The van der Waals surface area contributed by atoms with Gasteiger partial charge in [-0.25, -0.2) is 14.3 Å². The molecule has 0 aliphatic heterocycles. The molecule has 1 amide bonds. The SMILES string of the molecule is COc1cccc(NC(=O)C(OC(=O)c2nc3nc(C)cc(C)n3n2)c2ccccc2)c1. The van der Waals surface area contributed by atoms with E-state index in [1.165, 1.54) is 11.6 Å². The zero-order valence-electron chi connectivity index (χ0n) is 17.8. The monoisotopic (exact) mass is 431 g/mol. The van der Waals surface area contributed by atoms with Gasteiger partial charge >= 0.3 is 5.97 Å². The number of fused-ring (bicyclic) bond motifs is 1. The molecule has 1 atom stereocenters. The molecular formula is C23H21N5O4. The second-order valence-electron chi connectivity index (χ2n) is 7.10. The summed E-state index contributed by atoms with van der Waals surface area (Å²) in [6, 6.07) is 17.4. The molecule has 1 N–H and O–H groups in total. The molecule has 0 aliphatic rings. The fourth-order valence-electron chi connectivity index (χ4n) is 3.22. The summed E-state index contributed by atoms with van der Waals surface area (Å²) in [4.78, 5) is 34.4. The second kappa shape index (κ2) is 8.84. The van der Waals surface area contributed by atoms with Crippen molar-refractivity contribution >= 4 is 23.3 Å². The number of methoxy groups -OCH3 is 1. The van der Waals surface area contributed by atoms with Gasteiger partial charge in [0.25, 0.3) is 17.5 Å². The van der Waals surface area contributed by atoms with Crippen LogP contribution in [0.5, 0.6) is 5.75 Å². The van der Waals surface area contributed by atoms with Gasteiger partial charge in [0.1, 0.15) is 5.75 Å². The van der Waals surface area contributed by atoms with Gasteiger partial charge in [-0.3, -0.25) is 4.79 Å². The summed E-state index contributed by atoms with van der Waals surface area (Å²) in [7, 11) is 1.54. The van der Waals surface area contributed by atoms with Crippen molar-refractivity contribution < 1.29 is 19.1 Å². The van der Waals surface area contributed by atoms with Crippen LogP contribution in [0.1, 0.15) is 33.7 Å². The molecule has 2 aromatic heterocycles. The van der Waals surface area contributed by atoms with Crippen LogP contribution in [0.25, 0.3) is 5.78 Å². The van der Waals surface area contributed by atoms with Crippen molar-refractivity contribution in [3.05, 3.63) is 83.4 Å². The van der Waals surface area contributed by atoms with Crippen molar-refractivity contribution in [3.8, 4) is 5.75 Å². The summed E-state index contributed by atoms with van der Waals surface area (Å²) in [6.07, 6.45) is -1.21. The zero-order chi connectivity index (χ0) is 22.7. The van der Waals surface area contributed by atoms with Gasteiger partial charge in [0.05, 0.1) is 7.11 Å². The van der Waals surface area contributed by atoms with Crippen LogP contribution < -0.4 is 10.1 Å². The molecule has 0 radical (unpaired) electrons. The highest BCUT2D eigenvalue weighted by Gasteiger charge is 2.28. The van der Waals surface area contributed by atoms with Crippen LogP contribution >= 0.6 is 0 Å². The van der Waals surface area contributed by atoms with Crippen LogP contribution in [-0.2, 0) is 9.53 Å². The van der Waals surface area contributed by atoms with Crippen molar-refractivity contribution in [3.63, 3.8) is 0 Å². The number of ether oxygens (including phenoxy) is 2. The molecular weight excluding hydrogens is 410 g/mol. The maximum absolute atomic E-state index is 13.1. The van der Waals surface area contributed by atoms with Gasteiger partial charge < -0.3 is 14.8 Å². The Bertz CT molecular complexity index is 1290. The molecule has 2 heterocycles. The Morgan fingerprint density at radius 2 is 1.78 bits per heavy atom. The predicted molar refractivity (Wildman–Crippen MR) is 116 cm³/mol. The highest BCUT2D eigenvalue weighted by molar-refractivity contribution is 5.97. The van der Waals surface area contributed by atoms with Gasteiger partial charge in [0.2, 0.25) is 6.10 Å². The molecule has 2 aromatic carbocycles. The molecule has 0 bridgehead atoms.